The topological polar surface area (TPSA) is 110 Å². The van der Waals surface area contributed by atoms with Crippen LogP contribution in [0.3, 0.4) is 0 Å². The third-order valence-electron chi connectivity index (χ3n) is 1.95. The molecule has 0 spiro atoms. The minimum atomic E-state index is -1.15. The molecule has 0 heterocycles. The molecule has 2 atom stereocenters. The van der Waals surface area contributed by atoms with Crippen molar-refractivity contribution < 1.29 is 15.0 Å². The maximum atomic E-state index is 10.5. The summed E-state index contributed by atoms with van der Waals surface area (Å²) in [5.74, 6) is -1.05. The zero-order valence-corrected chi connectivity index (χ0v) is 7.42. The third kappa shape index (κ3) is 2.21. The van der Waals surface area contributed by atoms with E-state index in [1.165, 1.54) is 12.1 Å². The van der Waals surface area contributed by atoms with Gasteiger partial charge in [0.25, 0.3) is 0 Å². The van der Waals surface area contributed by atoms with Crippen LogP contribution in [0.4, 0.5) is 0 Å². The first kappa shape index (κ1) is 10.5. The van der Waals surface area contributed by atoms with Gasteiger partial charge in [0.2, 0.25) is 0 Å². The van der Waals surface area contributed by atoms with Gasteiger partial charge in [0, 0.05) is 0 Å². The van der Waals surface area contributed by atoms with E-state index in [4.69, 9.17) is 21.7 Å². The van der Waals surface area contributed by atoms with Gasteiger partial charge in [-0.3, -0.25) is 4.79 Å². The van der Waals surface area contributed by atoms with Crippen LogP contribution in [0.15, 0.2) is 24.3 Å². The van der Waals surface area contributed by atoms with Crippen molar-refractivity contribution in [1.82, 2.24) is 0 Å². The molecule has 5 nitrogen and oxygen atoms in total. The van der Waals surface area contributed by atoms with E-state index in [0.29, 0.717) is 5.56 Å². The number of phenols is 1. The lowest BCUT2D eigenvalue weighted by molar-refractivity contribution is -0.139. The van der Waals surface area contributed by atoms with Crippen LogP contribution in [-0.4, -0.2) is 22.2 Å². The van der Waals surface area contributed by atoms with Gasteiger partial charge in [-0.2, -0.15) is 0 Å². The van der Waals surface area contributed by atoms with Gasteiger partial charge in [-0.05, 0) is 17.7 Å². The summed E-state index contributed by atoms with van der Waals surface area (Å²) in [4.78, 5) is 10.5. The molecule has 1 aromatic carbocycles. The van der Waals surface area contributed by atoms with Gasteiger partial charge in [-0.25, -0.2) is 0 Å². The predicted octanol–water partition coefficient (Wildman–Crippen LogP) is -0.196. The van der Waals surface area contributed by atoms with Crippen molar-refractivity contribution in [2.75, 3.05) is 0 Å². The van der Waals surface area contributed by atoms with E-state index in [2.05, 4.69) is 0 Å². The van der Waals surface area contributed by atoms with Crippen molar-refractivity contribution in [2.24, 2.45) is 11.5 Å². The van der Waals surface area contributed by atoms with Crippen molar-refractivity contribution in [2.45, 2.75) is 12.1 Å². The van der Waals surface area contributed by atoms with Crippen molar-refractivity contribution in [3.8, 4) is 5.75 Å². The first-order chi connectivity index (χ1) is 6.52. The second-order valence-electron chi connectivity index (χ2n) is 2.98. The van der Waals surface area contributed by atoms with E-state index in [1.807, 2.05) is 0 Å². The number of rotatable bonds is 3. The number of benzene rings is 1. The Hall–Kier alpha value is -1.59. The molecule has 14 heavy (non-hydrogen) atoms. The number of carboxylic acids is 1. The minimum Gasteiger partial charge on any atom is -0.508 e. The number of aliphatic carboxylic acids is 1. The molecule has 6 N–H and O–H groups in total. The van der Waals surface area contributed by atoms with Gasteiger partial charge in [0.05, 0.1) is 6.04 Å². The van der Waals surface area contributed by atoms with E-state index in [-0.39, 0.29) is 5.75 Å². The quantitative estimate of drug-likeness (QED) is 0.535. The number of hydrogen-bond donors (Lipinski definition) is 4. The molecule has 0 aliphatic heterocycles. The van der Waals surface area contributed by atoms with E-state index in [9.17, 15) is 4.79 Å². The molecular weight excluding hydrogens is 184 g/mol. The number of carboxylic acid groups (broad SMARTS) is 1. The summed E-state index contributed by atoms with van der Waals surface area (Å²) in [6, 6.07) is 4.05. The third-order valence-corrected chi connectivity index (χ3v) is 1.95. The van der Waals surface area contributed by atoms with Crippen molar-refractivity contribution in [1.29, 1.82) is 0 Å². The molecule has 0 amide bonds. The lowest BCUT2D eigenvalue weighted by Crippen LogP contribution is -2.40. The molecule has 0 aliphatic rings. The van der Waals surface area contributed by atoms with Crippen LogP contribution in [0.25, 0.3) is 0 Å². The zero-order valence-electron chi connectivity index (χ0n) is 7.42. The summed E-state index contributed by atoms with van der Waals surface area (Å²) >= 11 is 0. The van der Waals surface area contributed by atoms with Crippen molar-refractivity contribution >= 4 is 5.97 Å². The summed E-state index contributed by atoms with van der Waals surface area (Å²) in [6.07, 6.45) is 0. The minimum absolute atomic E-state index is 0.102. The Morgan fingerprint density at radius 3 is 2.14 bits per heavy atom. The highest BCUT2D eigenvalue weighted by Crippen LogP contribution is 2.16. The SMILES string of the molecule is NC(c1ccc(O)cc1)[C@@H](N)C(=O)O. The number of phenolic OH excluding ortho intramolecular Hbond substituents is 1. The first-order valence-corrected chi connectivity index (χ1v) is 4.05. The van der Waals surface area contributed by atoms with Gasteiger partial charge in [0.15, 0.2) is 0 Å². The average molecular weight is 196 g/mol. The lowest BCUT2D eigenvalue weighted by Gasteiger charge is -2.15. The fourth-order valence-corrected chi connectivity index (χ4v) is 1.06. The fraction of sp³-hybridized carbons (Fsp3) is 0.222. The van der Waals surface area contributed by atoms with E-state index >= 15 is 0 Å². The van der Waals surface area contributed by atoms with Crippen LogP contribution in [0.2, 0.25) is 0 Å². The van der Waals surface area contributed by atoms with Gasteiger partial charge in [0.1, 0.15) is 11.8 Å². The second kappa shape index (κ2) is 4.08. The Balaban J connectivity index is 2.84. The van der Waals surface area contributed by atoms with Gasteiger partial charge in [-0.1, -0.05) is 12.1 Å². The first-order valence-electron chi connectivity index (χ1n) is 4.05. The molecule has 0 saturated carbocycles. The van der Waals surface area contributed by atoms with E-state index < -0.39 is 18.1 Å². The predicted molar refractivity (Wildman–Crippen MR) is 50.6 cm³/mol. The summed E-state index contributed by atoms with van der Waals surface area (Å²) in [7, 11) is 0. The van der Waals surface area contributed by atoms with Crippen LogP contribution in [0.5, 0.6) is 5.75 Å². The Kier molecular flexibility index (Phi) is 3.06. The summed E-state index contributed by atoms with van der Waals surface area (Å²) in [6.45, 7) is 0. The summed E-state index contributed by atoms with van der Waals surface area (Å²) < 4.78 is 0. The Bertz CT molecular complexity index is 323. The molecule has 0 bridgehead atoms. The fourth-order valence-electron chi connectivity index (χ4n) is 1.06. The largest absolute Gasteiger partial charge is 0.508 e. The molecule has 1 aromatic rings. The molecule has 0 aromatic heterocycles. The van der Waals surface area contributed by atoms with Gasteiger partial charge in [-0.15, -0.1) is 0 Å². The smallest absolute Gasteiger partial charge is 0.322 e. The molecule has 1 unspecified atom stereocenters. The van der Waals surface area contributed by atoms with Crippen LogP contribution >= 0.6 is 0 Å². The monoisotopic (exact) mass is 196 g/mol. The molecule has 0 radical (unpaired) electrons. The molecule has 76 valence electrons. The molecule has 0 aliphatic carbocycles. The van der Waals surface area contributed by atoms with E-state index in [0.717, 1.165) is 0 Å². The lowest BCUT2D eigenvalue weighted by atomic mass is 10.0. The van der Waals surface area contributed by atoms with E-state index in [1.54, 1.807) is 12.1 Å². The molecule has 1 rings (SSSR count). The normalized spacial score (nSPS) is 14.7. The molecule has 0 fully saturated rings. The highest BCUT2D eigenvalue weighted by Gasteiger charge is 2.21. The number of nitrogens with two attached hydrogens (primary N) is 2. The Labute approximate surface area is 81.0 Å². The molecule has 0 saturated heterocycles. The van der Waals surface area contributed by atoms with Crippen LogP contribution in [-0.2, 0) is 4.79 Å². The van der Waals surface area contributed by atoms with Gasteiger partial charge >= 0.3 is 5.97 Å². The zero-order chi connectivity index (χ0) is 10.7. The highest BCUT2D eigenvalue weighted by atomic mass is 16.4. The number of hydrogen-bond acceptors (Lipinski definition) is 4. The Morgan fingerprint density at radius 1 is 1.21 bits per heavy atom. The average Bonchev–Trinajstić information content (AvgIpc) is 2.16. The number of aromatic hydroxyl groups is 1. The highest BCUT2D eigenvalue weighted by molar-refractivity contribution is 5.74. The Morgan fingerprint density at radius 2 is 1.71 bits per heavy atom. The standard InChI is InChI=1S/C9H12N2O3/c10-7(8(11)9(13)14)5-1-3-6(12)4-2-5/h1-4,7-8,12H,10-11H2,(H,13,14)/t7?,8-/m1/s1. The number of carbonyl (C=O) groups is 1. The van der Waals surface area contributed by atoms with Crippen LogP contribution in [0, 0.1) is 0 Å². The molecule has 5 heteroatoms. The second-order valence-corrected chi connectivity index (χ2v) is 2.98. The van der Waals surface area contributed by atoms with Crippen LogP contribution in [0.1, 0.15) is 11.6 Å². The molecular formula is C9H12N2O3. The van der Waals surface area contributed by atoms with Gasteiger partial charge < -0.3 is 21.7 Å². The van der Waals surface area contributed by atoms with Crippen molar-refractivity contribution in [3.05, 3.63) is 29.8 Å². The summed E-state index contributed by atoms with van der Waals surface area (Å²) in [5.41, 5.74) is 11.5. The maximum Gasteiger partial charge on any atom is 0.322 e. The van der Waals surface area contributed by atoms with Crippen LogP contribution < -0.4 is 11.5 Å². The summed E-state index contributed by atoms with van der Waals surface area (Å²) in [5, 5.41) is 17.6. The maximum absolute atomic E-state index is 10.5. The van der Waals surface area contributed by atoms with Crippen molar-refractivity contribution in [3.63, 3.8) is 0 Å².